The van der Waals surface area contributed by atoms with Crippen LogP contribution in [0.25, 0.3) is 0 Å². The molecule has 86 valence electrons. The third kappa shape index (κ3) is 1.64. The summed E-state index contributed by atoms with van der Waals surface area (Å²) in [6.07, 6.45) is 0.352. The lowest BCUT2D eigenvalue weighted by atomic mass is 10.4. The fourth-order valence-corrected chi connectivity index (χ4v) is 1.39. The standard InChI is InChI=1S/C8H12N6O2/c1-2-4(15)13-14-3-10-5-6(14)11-8(9)12-7(5)16/h10H,2-3H2,1H3,(H,13,15)(H3,9,11,12,16). The summed E-state index contributed by atoms with van der Waals surface area (Å²) in [4.78, 5) is 29.0. The summed E-state index contributed by atoms with van der Waals surface area (Å²) in [7, 11) is 0. The predicted molar refractivity (Wildman–Crippen MR) is 58.7 cm³/mol. The number of aromatic nitrogens is 2. The molecule has 1 aromatic heterocycles. The third-order valence-corrected chi connectivity index (χ3v) is 2.17. The molecule has 2 heterocycles. The molecule has 0 saturated heterocycles. The van der Waals surface area contributed by atoms with Crippen LogP contribution in [0.4, 0.5) is 17.5 Å². The molecule has 8 heteroatoms. The van der Waals surface area contributed by atoms with Gasteiger partial charge in [-0.05, 0) is 0 Å². The van der Waals surface area contributed by atoms with Crippen LogP contribution >= 0.6 is 0 Å². The largest absolute Gasteiger partial charge is 0.369 e. The van der Waals surface area contributed by atoms with Gasteiger partial charge in [-0.15, -0.1) is 0 Å². The van der Waals surface area contributed by atoms with Crippen molar-refractivity contribution < 1.29 is 4.79 Å². The molecule has 0 radical (unpaired) electrons. The van der Waals surface area contributed by atoms with Gasteiger partial charge in [0, 0.05) is 6.42 Å². The maximum Gasteiger partial charge on any atom is 0.278 e. The Labute approximate surface area is 90.8 Å². The van der Waals surface area contributed by atoms with Gasteiger partial charge in [0.25, 0.3) is 5.56 Å². The van der Waals surface area contributed by atoms with E-state index in [-0.39, 0.29) is 17.4 Å². The number of nitrogens with zero attached hydrogens (tertiary/aromatic N) is 2. The molecule has 0 unspecified atom stereocenters. The number of hydrazine groups is 1. The van der Waals surface area contributed by atoms with Crippen molar-refractivity contribution in [2.45, 2.75) is 13.3 Å². The lowest BCUT2D eigenvalue weighted by Crippen LogP contribution is -2.42. The lowest BCUT2D eigenvalue weighted by Gasteiger charge is -2.17. The van der Waals surface area contributed by atoms with Crippen molar-refractivity contribution in [3.8, 4) is 0 Å². The number of amides is 1. The van der Waals surface area contributed by atoms with Crippen molar-refractivity contribution in [3.05, 3.63) is 10.4 Å². The van der Waals surface area contributed by atoms with E-state index in [1.165, 1.54) is 5.01 Å². The molecule has 16 heavy (non-hydrogen) atoms. The zero-order valence-electron chi connectivity index (χ0n) is 8.70. The number of carbonyl (C=O) groups is 1. The lowest BCUT2D eigenvalue weighted by molar-refractivity contribution is -0.120. The van der Waals surface area contributed by atoms with E-state index < -0.39 is 0 Å². The first-order valence-corrected chi connectivity index (χ1v) is 4.82. The first kappa shape index (κ1) is 10.3. The second-order valence-electron chi connectivity index (χ2n) is 3.30. The summed E-state index contributed by atoms with van der Waals surface area (Å²) in [5.41, 5.74) is 7.98. The Bertz CT molecular complexity index is 482. The molecule has 2 rings (SSSR count). The normalized spacial score (nSPS) is 13.2. The highest BCUT2D eigenvalue weighted by molar-refractivity contribution is 5.80. The van der Waals surface area contributed by atoms with Crippen LogP contribution in [-0.4, -0.2) is 22.5 Å². The van der Waals surface area contributed by atoms with Crippen molar-refractivity contribution in [1.82, 2.24) is 15.4 Å². The van der Waals surface area contributed by atoms with Crippen LogP contribution in [-0.2, 0) is 4.79 Å². The van der Waals surface area contributed by atoms with Crippen LogP contribution in [0.2, 0.25) is 0 Å². The Morgan fingerprint density at radius 1 is 1.69 bits per heavy atom. The summed E-state index contributed by atoms with van der Waals surface area (Å²) < 4.78 is 0. The molecular weight excluding hydrogens is 212 g/mol. The average molecular weight is 224 g/mol. The molecule has 1 aliphatic heterocycles. The quantitative estimate of drug-likeness (QED) is 0.511. The van der Waals surface area contributed by atoms with E-state index in [0.29, 0.717) is 24.6 Å². The van der Waals surface area contributed by atoms with Gasteiger partial charge in [0.1, 0.15) is 12.4 Å². The fraction of sp³-hybridized carbons (Fsp3) is 0.375. The first-order chi connectivity index (χ1) is 7.61. The summed E-state index contributed by atoms with van der Waals surface area (Å²) in [6, 6.07) is 0. The number of H-pyrrole nitrogens is 1. The van der Waals surface area contributed by atoms with E-state index in [1.807, 2.05) is 0 Å². The molecule has 1 aliphatic rings. The van der Waals surface area contributed by atoms with Crippen molar-refractivity contribution in [2.75, 3.05) is 22.7 Å². The highest BCUT2D eigenvalue weighted by Gasteiger charge is 2.24. The van der Waals surface area contributed by atoms with E-state index in [9.17, 15) is 9.59 Å². The highest BCUT2D eigenvalue weighted by atomic mass is 16.2. The van der Waals surface area contributed by atoms with Gasteiger partial charge in [-0.25, -0.2) is 5.01 Å². The minimum Gasteiger partial charge on any atom is -0.369 e. The van der Waals surface area contributed by atoms with Crippen LogP contribution in [0.3, 0.4) is 0 Å². The smallest absolute Gasteiger partial charge is 0.278 e. The number of aromatic amines is 1. The number of nitrogens with two attached hydrogens (primary N) is 1. The summed E-state index contributed by atoms with van der Waals surface area (Å²) in [5.74, 6) is 0.196. The number of anilines is 3. The molecule has 0 saturated carbocycles. The molecule has 0 fully saturated rings. The second-order valence-corrected chi connectivity index (χ2v) is 3.30. The Balaban J connectivity index is 2.32. The monoisotopic (exact) mass is 224 g/mol. The molecule has 1 amide bonds. The number of hydrogen-bond acceptors (Lipinski definition) is 6. The average Bonchev–Trinajstić information content (AvgIpc) is 2.61. The minimum absolute atomic E-state index is 0.0168. The molecule has 0 aliphatic carbocycles. The summed E-state index contributed by atoms with van der Waals surface area (Å²) >= 11 is 0. The Kier molecular flexibility index (Phi) is 2.39. The van der Waals surface area contributed by atoms with Gasteiger partial charge in [-0.1, -0.05) is 6.92 Å². The van der Waals surface area contributed by atoms with E-state index >= 15 is 0 Å². The van der Waals surface area contributed by atoms with Crippen LogP contribution < -0.4 is 27.0 Å². The molecule has 5 N–H and O–H groups in total. The Morgan fingerprint density at radius 3 is 3.12 bits per heavy atom. The van der Waals surface area contributed by atoms with Crippen LogP contribution in [0.5, 0.6) is 0 Å². The second kappa shape index (κ2) is 3.72. The van der Waals surface area contributed by atoms with Crippen molar-refractivity contribution in [2.24, 2.45) is 0 Å². The number of nitrogen functional groups attached to an aromatic ring is 1. The van der Waals surface area contributed by atoms with Crippen molar-refractivity contribution in [3.63, 3.8) is 0 Å². The van der Waals surface area contributed by atoms with Gasteiger partial charge < -0.3 is 11.1 Å². The fourth-order valence-electron chi connectivity index (χ4n) is 1.39. The van der Waals surface area contributed by atoms with Crippen LogP contribution in [0.1, 0.15) is 13.3 Å². The molecule has 0 atom stereocenters. The van der Waals surface area contributed by atoms with Gasteiger partial charge in [-0.3, -0.25) is 20.0 Å². The zero-order valence-corrected chi connectivity index (χ0v) is 8.70. The van der Waals surface area contributed by atoms with Crippen LogP contribution in [0, 0.1) is 0 Å². The maximum atomic E-state index is 11.5. The minimum atomic E-state index is -0.351. The highest BCUT2D eigenvalue weighted by Crippen LogP contribution is 2.23. The molecule has 8 nitrogen and oxygen atoms in total. The SMILES string of the molecule is CCC(=O)NN1CNc2c1nc(N)[nH]c2=O. The Morgan fingerprint density at radius 2 is 2.44 bits per heavy atom. The first-order valence-electron chi connectivity index (χ1n) is 4.82. The molecule has 0 bridgehead atoms. The summed E-state index contributed by atoms with van der Waals surface area (Å²) in [6.45, 7) is 2.03. The predicted octanol–water partition coefficient (Wildman–Crippen LogP) is -1.02. The van der Waals surface area contributed by atoms with E-state index in [2.05, 4.69) is 20.7 Å². The Hall–Kier alpha value is -2.25. The van der Waals surface area contributed by atoms with Crippen molar-refractivity contribution in [1.29, 1.82) is 0 Å². The van der Waals surface area contributed by atoms with E-state index in [0.717, 1.165) is 0 Å². The van der Waals surface area contributed by atoms with Crippen molar-refractivity contribution >= 4 is 23.4 Å². The van der Waals surface area contributed by atoms with Gasteiger partial charge in [0.15, 0.2) is 5.82 Å². The number of hydrogen-bond donors (Lipinski definition) is 4. The van der Waals surface area contributed by atoms with Gasteiger partial charge in [0.05, 0.1) is 0 Å². The molecule has 0 spiro atoms. The summed E-state index contributed by atoms with van der Waals surface area (Å²) in [5, 5.41) is 4.28. The number of carbonyl (C=O) groups excluding carboxylic acids is 1. The number of nitrogens with one attached hydrogen (secondary N) is 3. The van der Waals surface area contributed by atoms with E-state index in [4.69, 9.17) is 5.73 Å². The number of rotatable bonds is 2. The van der Waals surface area contributed by atoms with Crippen LogP contribution in [0.15, 0.2) is 4.79 Å². The molecular formula is C8H12N6O2. The van der Waals surface area contributed by atoms with E-state index in [1.54, 1.807) is 6.92 Å². The third-order valence-electron chi connectivity index (χ3n) is 2.17. The van der Waals surface area contributed by atoms with Gasteiger partial charge in [0.2, 0.25) is 11.9 Å². The molecule has 0 aromatic carbocycles. The van der Waals surface area contributed by atoms with Gasteiger partial charge >= 0.3 is 0 Å². The zero-order chi connectivity index (χ0) is 11.7. The number of fused-ring (bicyclic) bond motifs is 1. The van der Waals surface area contributed by atoms with Gasteiger partial charge in [-0.2, -0.15) is 4.98 Å². The molecule has 1 aromatic rings. The maximum absolute atomic E-state index is 11.5. The topological polar surface area (TPSA) is 116 Å².